The van der Waals surface area contributed by atoms with Crippen LogP contribution in [0.4, 0.5) is 17.6 Å². The molecule has 0 bridgehead atoms. The van der Waals surface area contributed by atoms with Gasteiger partial charge in [-0.2, -0.15) is 13.2 Å². The van der Waals surface area contributed by atoms with Crippen molar-refractivity contribution >= 4 is 10.8 Å². The zero-order valence-corrected chi connectivity index (χ0v) is 9.88. The number of fused-ring (bicyclic) bond motifs is 1. The first kappa shape index (κ1) is 13.6. The minimum atomic E-state index is -4.63. The van der Waals surface area contributed by atoms with Gasteiger partial charge < -0.3 is 9.84 Å². The number of rotatable bonds is 2. The Balaban J connectivity index is 2.91. The summed E-state index contributed by atoms with van der Waals surface area (Å²) in [6.07, 6.45) is -4.63. The highest BCUT2D eigenvalue weighted by Gasteiger charge is 2.36. The minimum absolute atomic E-state index is 0.0237. The molecule has 0 saturated heterocycles. The highest BCUT2D eigenvalue weighted by atomic mass is 19.4. The van der Waals surface area contributed by atoms with Crippen molar-refractivity contribution < 1.29 is 27.4 Å². The third-order valence-corrected chi connectivity index (χ3v) is 2.88. The van der Waals surface area contributed by atoms with Crippen LogP contribution in [0.3, 0.4) is 0 Å². The van der Waals surface area contributed by atoms with Gasteiger partial charge in [0, 0.05) is 5.56 Å². The predicted octanol–water partition coefficient (Wildman–Crippen LogP) is 3.50. The molecule has 2 nitrogen and oxygen atoms in total. The number of halogens is 4. The summed E-state index contributed by atoms with van der Waals surface area (Å²) in [5, 5.41) is 8.91. The second-order valence-corrected chi connectivity index (χ2v) is 3.92. The van der Waals surface area contributed by atoms with Gasteiger partial charge in [0.2, 0.25) is 0 Å². The van der Waals surface area contributed by atoms with Crippen LogP contribution in [0.15, 0.2) is 24.3 Å². The molecule has 0 atom stereocenters. The van der Waals surface area contributed by atoms with Crippen LogP contribution < -0.4 is 4.74 Å². The van der Waals surface area contributed by atoms with Crippen LogP contribution in [0.1, 0.15) is 11.1 Å². The molecule has 0 heterocycles. The van der Waals surface area contributed by atoms with Gasteiger partial charge >= 0.3 is 6.18 Å². The van der Waals surface area contributed by atoms with E-state index in [-0.39, 0.29) is 22.1 Å². The van der Waals surface area contributed by atoms with Crippen molar-refractivity contribution in [1.29, 1.82) is 0 Å². The van der Waals surface area contributed by atoms with E-state index in [1.807, 2.05) is 0 Å². The Kier molecular flexibility index (Phi) is 3.36. The lowest BCUT2D eigenvalue weighted by molar-refractivity contribution is -0.137. The van der Waals surface area contributed by atoms with Gasteiger partial charge in [-0.15, -0.1) is 0 Å². The molecular weight excluding hydrogens is 264 g/mol. The van der Waals surface area contributed by atoms with Gasteiger partial charge in [0.25, 0.3) is 0 Å². The summed E-state index contributed by atoms with van der Waals surface area (Å²) in [7, 11) is 1.13. The highest BCUT2D eigenvalue weighted by molar-refractivity contribution is 5.91. The number of benzene rings is 2. The molecule has 0 spiro atoms. The Morgan fingerprint density at radius 1 is 1.11 bits per heavy atom. The second-order valence-electron chi connectivity index (χ2n) is 3.92. The number of ether oxygens (including phenoxy) is 1. The van der Waals surface area contributed by atoms with Gasteiger partial charge in [-0.3, -0.25) is 0 Å². The molecule has 0 aliphatic rings. The summed E-state index contributed by atoms with van der Waals surface area (Å²) in [6.45, 7) is -0.674. The normalized spacial score (nSPS) is 11.9. The molecule has 0 unspecified atom stereocenters. The fourth-order valence-electron chi connectivity index (χ4n) is 2.04. The van der Waals surface area contributed by atoms with Crippen LogP contribution in [0.25, 0.3) is 10.8 Å². The maximum absolute atomic E-state index is 13.5. The molecule has 2 rings (SSSR count). The van der Waals surface area contributed by atoms with Crippen molar-refractivity contribution in [3.05, 3.63) is 41.2 Å². The molecule has 19 heavy (non-hydrogen) atoms. The van der Waals surface area contributed by atoms with Crippen molar-refractivity contribution in [2.45, 2.75) is 12.8 Å². The van der Waals surface area contributed by atoms with Gasteiger partial charge in [0.05, 0.1) is 13.7 Å². The van der Waals surface area contributed by atoms with Gasteiger partial charge in [-0.25, -0.2) is 4.39 Å². The molecule has 0 aliphatic heterocycles. The monoisotopic (exact) mass is 274 g/mol. The first-order chi connectivity index (χ1) is 8.90. The summed E-state index contributed by atoms with van der Waals surface area (Å²) in [5.74, 6) is -1.08. The van der Waals surface area contributed by atoms with E-state index < -0.39 is 24.2 Å². The Morgan fingerprint density at radius 3 is 2.26 bits per heavy atom. The van der Waals surface area contributed by atoms with E-state index in [0.717, 1.165) is 25.3 Å². The summed E-state index contributed by atoms with van der Waals surface area (Å²) in [6, 6.07) is 4.36. The number of aliphatic hydroxyl groups excluding tert-OH is 1. The van der Waals surface area contributed by atoms with Crippen molar-refractivity contribution in [1.82, 2.24) is 0 Å². The molecule has 2 aromatic rings. The second kappa shape index (κ2) is 4.70. The highest BCUT2D eigenvalue weighted by Crippen LogP contribution is 2.42. The van der Waals surface area contributed by atoms with Crippen LogP contribution >= 0.6 is 0 Å². The Hall–Kier alpha value is -1.82. The van der Waals surface area contributed by atoms with Gasteiger partial charge in [0.15, 0.2) is 0 Å². The van der Waals surface area contributed by atoms with Crippen LogP contribution in [0, 0.1) is 5.82 Å². The summed E-state index contributed by atoms with van der Waals surface area (Å²) >= 11 is 0. The molecular formula is C13H10F4O2. The van der Waals surface area contributed by atoms with Crippen molar-refractivity contribution in [3.63, 3.8) is 0 Å². The number of hydrogen-bond acceptors (Lipinski definition) is 2. The summed E-state index contributed by atoms with van der Waals surface area (Å²) in [4.78, 5) is 0. The minimum Gasteiger partial charge on any atom is -0.496 e. The van der Waals surface area contributed by atoms with Crippen LogP contribution in [0.5, 0.6) is 5.75 Å². The molecule has 0 fully saturated rings. The lowest BCUT2D eigenvalue weighted by atomic mass is 9.98. The Labute approximate surface area is 106 Å². The average molecular weight is 274 g/mol. The van der Waals surface area contributed by atoms with Gasteiger partial charge in [0.1, 0.15) is 17.1 Å². The molecule has 0 aromatic heterocycles. The van der Waals surface area contributed by atoms with Gasteiger partial charge in [-0.1, -0.05) is 12.1 Å². The predicted molar refractivity (Wildman–Crippen MR) is 61.4 cm³/mol. The smallest absolute Gasteiger partial charge is 0.420 e. The third-order valence-electron chi connectivity index (χ3n) is 2.88. The molecule has 0 amide bonds. The maximum Gasteiger partial charge on any atom is 0.420 e. The topological polar surface area (TPSA) is 29.5 Å². The van der Waals surface area contributed by atoms with Crippen molar-refractivity contribution in [3.8, 4) is 5.75 Å². The fourth-order valence-corrected chi connectivity index (χ4v) is 2.04. The van der Waals surface area contributed by atoms with Crippen LogP contribution in [-0.2, 0) is 12.8 Å². The molecule has 102 valence electrons. The molecule has 0 radical (unpaired) electrons. The van der Waals surface area contributed by atoms with Gasteiger partial charge in [-0.05, 0) is 22.9 Å². The van der Waals surface area contributed by atoms with E-state index in [1.165, 1.54) is 6.07 Å². The number of alkyl halides is 3. The number of aliphatic hydroxyl groups is 1. The van der Waals surface area contributed by atoms with E-state index >= 15 is 0 Å². The molecule has 0 saturated carbocycles. The molecule has 1 N–H and O–H groups in total. The van der Waals surface area contributed by atoms with E-state index in [1.54, 1.807) is 0 Å². The van der Waals surface area contributed by atoms with Crippen molar-refractivity contribution in [2.24, 2.45) is 0 Å². The quantitative estimate of drug-likeness (QED) is 0.849. The number of methoxy groups -OCH3 is 1. The fraction of sp³-hybridized carbons (Fsp3) is 0.231. The standard InChI is InChI=1S/C13H10F4O2/c1-19-11-5-3-7-8(12(11)13(15,16)17)2-4-10(14)9(7)6-18/h2-5,18H,6H2,1H3. The van der Waals surface area contributed by atoms with E-state index in [2.05, 4.69) is 0 Å². The number of hydrogen-bond donors (Lipinski definition) is 1. The lowest BCUT2D eigenvalue weighted by Gasteiger charge is -2.16. The SMILES string of the molecule is COc1ccc2c(CO)c(F)ccc2c1C(F)(F)F. The maximum atomic E-state index is 13.5. The molecule has 2 aromatic carbocycles. The summed E-state index contributed by atoms with van der Waals surface area (Å²) < 4.78 is 57.4. The first-order valence-corrected chi connectivity index (χ1v) is 5.36. The van der Waals surface area contributed by atoms with E-state index in [4.69, 9.17) is 9.84 Å². The van der Waals surface area contributed by atoms with Crippen LogP contribution in [0.2, 0.25) is 0 Å². The average Bonchev–Trinajstić information content (AvgIpc) is 2.36. The molecule has 6 heteroatoms. The lowest BCUT2D eigenvalue weighted by Crippen LogP contribution is -2.09. The van der Waals surface area contributed by atoms with Crippen LogP contribution in [-0.4, -0.2) is 12.2 Å². The Bertz CT molecular complexity index is 620. The largest absolute Gasteiger partial charge is 0.496 e. The molecule has 0 aliphatic carbocycles. The zero-order chi connectivity index (χ0) is 14.2. The Morgan fingerprint density at radius 2 is 1.74 bits per heavy atom. The summed E-state index contributed by atoms with van der Waals surface area (Å²) in [5.41, 5.74) is -1.13. The first-order valence-electron chi connectivity index (χ1n) is 5.36. The third kappa shape index (κ3) is 2.23. The van der Waals surface area contributed by atoms with Crippen molar-refractivity contribution in [2.75, 3.05) is 7.11 Å². The zero-order valence-electron chi connectivity index (χ0n) is 9.88. The van der Waals surface area contributed by atoms with E-state index in [0.29, 0.717) is 0 Å². The van der Waals surface area contributed by atoms with E-state index in [9.17, 15) is 17.6 Å².